The van der Waals surface area contributed by atoms with Crippen LogP contribution in [-0.2, 0) is 10.4 Å². The van der Waals surface area contributed by atoms with E-state index in [0.717, 1.165) is 0 Å². The molecule has 1 atom stereocenters. The minimum Gasteiger partial charge on any atom is -0.384 e. The zero-order valence-corrected chi connectivity index (χ0v) is 10.7. The molecule has 102 valence electrons. The molecular weight excluding hydrogens is 254 g/mol. The molecule has 0 spiro atoms. The van der Waals surface area contributed by atoms with Gasteiger partial charge >= 0.3 is 0 Å². The number of rotatable bonds is 4. The summed E-state index contributed by atoms with van der Waals surface area (Å²) in [5, 5.41) is 18.0. The van der Waals surface area contributed by atoms with Crippen molar-refractivity contribution in [3.8, 4) is 0 Å². The van der Waals surface area contributed by atoms with Gasteiger partial charge in [0.15, 0.2) is 5.60 Å². The Morgan fingerprint density at radius 2 is 1.45 bits per heavy atom. The summed E-state index contributed by atoms with van der Waals surface area (Å²) in [6, 6.07) is 14.7. The standard InChI is InChI=1S/C15H15N3O2/c16-13(17)10-6-8-12(9-7-10)15(20,14(18)19)11-4-2-1-3-5-11/h1-9,20H,(H3,16,17)(H2,18,19). The highest BCUT2D eigenvalue weighted by Gasteiger charge is 2.37. The smallest absolute Gasteiger partial charge is 0.258 e. The highest BCUT2D eigenvalue weighted by Crippen LogP contribution is 2.29. The average molecular weight is 269 g/mol. The van der Waals surface area contributed by atoms with Crippen molar-refractivity contribution in [2.45, 2.75) is 5.60 Å². The van der Waals surface area contributed by atoms with Crippen LogP contribution in [0.15, 0.2) is 54.6 Å². The Kier molecular flexibility index (Phi) is 3.54. The van der Waals surface area contributed by atoms with Crippen LogP contribution in [0.25, 0.3) is 0 Å². The van der Waals surface area contributed by atoms with Crippen molar-refractivity contribution >= 4 is 11.7 Å². The summed E-state index contributed by atoms with van der Waals surface area (Å²) in [5.41, 5.74) is 10.1. The molecule has 0 heterocycles. The number of nitrogens with two attached hydrogens (primary N) is 2. The predicted molar refractivity (Wildman–Crippen MR) is 76.1 cm³/mol. The van der Waals surface area contributed by atoms with Crippen LogP contribution in [0.1, 0.15) is 16.7 Å². The number of amidine groups is 1. The lowest BCUT2D eigenvalue weighted by Crippen LogP contribution is -2.42. The van der Waals surface area contributed by atoms with Crippen LogP contribution in [0, 0.1) is 5.41 Å². The summed E-state index contributed by atoms with van der Waals surface area (Å²) in [6.07, 6.45) is 0. The van der Waals surface area contributed by atoms with E-state index in [1.807, 2.05) is 0 Å². The fourth-order valence-corrected chi connectivity index (χ4v) is 2.02. The maximum Gasteiger partial charge on any atom is 0.258 e. The molecule has 20 heavy (non-hydrogen) atoms. The highest BCUT2D eigenvalue weighted by molar-refractivity contribution is 5.95. The minimum absolute atomic E-state index is 0.0844. The van der Waals surface area contributed by atoms with E-state index in [-0.39, 0.29) is 5.84 Å². The Bertz CT molecular complexity index is 638. The van der Waals surface area contributed by atoms with Crippen LogP contribution < -0.4 is 11.5 Å². The van der Waals surface area contributed by atoms with Gasteiger partial charge in [0.1, 0.15) is 5.84 Å². The van der Waals surface area contributed by atoms with Crippen LogP contribution in [-0.4, -0.2) is 16.8 Å². The summed E-state index contributed by atoms with van der Waals surface area (Å²) in [5.74, 6) is -0.946. The van der Waals surface area contributed by atoms with E-state index in [0.29, 0.717) is 16.7 Å². The largest absolute Gasteiger partial charge is 0.384 e. The molecular formula is C15H15N3O2. The molecule has 2 rings (SSSR count). The number of carbonyl (C=O) groups is 1. The molecule has 2 aromatic carbocycles. The van der Waals surface area contributed by atoms with Crippen LogP contribution in [0.2, 0.25) is 0 Å². The highest BCUT2D eigenvalue weighted by atomic mass is 16.3. The van der Waals surface area contributed by atoms with Crippen LogP contribution in [0.5, 0.6) is 0 Å². The quantitative estimate of drug-likeness (QED) is 0.483. The number of carbonyl (C=O) groups excluding carboxylic acids is 1. The fourth-order valence-electron chi connectivity index (χ4n) is 2.02. The molecule has 6 N–H and O–H groups in total. The van der Waals surface area contributed by atoms with Crippen molar-refractivity contribution in [3.05, 3.63) is 71.3 Å². The van der Waals surface area contributed by atoms with E-state index in [9.17, 15) is 9.90 Å². The van der Waals surface area contributed by atoms with Gasteiger partial charge in [0, 0.05) is 5.56 Å². The molecule has 0 bridgehead atoms. The molecule has 0 aliphatic carbocycles. The minimum atomic E-state index is -1.91. The van der Waals surface area contributed by atoms with E-state index in [1.54, 1.807) is 42.5 Å². The van der Waals surface area contributed by atoms with Gasteiger partial charge in [0.2, 0.25) is 0 Å². The summed E-state index contributed by atoms with van der Waals surface area (Å²) in [7, 11) is 0. The van der Waals surface area contributed by atoms with Crippen LogP contribution in [0.3, 0.4) is 0 Å². The molecule has 1 amide bonds. The van der Waals surface area contributed by atoms with Gasteiger partial charge in [-0.15, -0.1) is 0 Å². The lowest BCUT2D eigenvalue weighted by molar-refractivity contribution is -0.133. The van der Waals surface area contributed by atoms with Gasteiger partial charge in [-0.1, -0.05) is 54.6 Å². The molecule has 0 saturated heterocycles. The van der Waals surface area contributed by atoms with Gasteiger partial charge in [0.05, 0.1) is 0 Å². The predicted octanol–water partition coefficient (Wildman–Crippen LogP) is 0.692. The second-order valence-corrected chi connectivity index (χ2v) is 4.43. The van der Waals surface area contributed by atoms with Crippen molar-refractivity contribution in [2.24, 2.45) is 11.5 Å². The molecule has 5 heteroatoms. The first-order valence-electron chi connectivity index (χ1n) is 5.99. The second kappa shape index (κ2) is 5.14. The normalized spacial score (nSPS) is 13.4. The Morgan fingerprint density at radius 1 is 0.950 bits per heavy atom. The molecule has 1 unspecified atom stereocenters. The van der Waals surface area contributed by atoms with Crippen molar-refractivity contribution < 1.29 is 9.90 Å². The molecule has 0 aliphatic rings. The number of benzene rings is 2. The molecule has 0 radical (unpaired) electrons. The van der Waals surface area contributed by atoms with Crippen molar-refractivity contribution in [1.82, 2.24) is 0 Å². The van der Waals surface area contributed by atoms with Crippen LogP contribution >= 0.6 is 0 Å². The van der Waals surface area contributed by atoms with Gasteiger partial charge < -0.3 is 16.6 Å². The Hall–Kier alpha value is -2.66. The molecule has 0 aliphatic heterocycles. The van der Waals surface area contributed by atoms with Gasteiger partial charge in [0.25, 0.3) is 5.91 Å². The van der Waals surface area contributed by atoms with E-state index in [4.69, 9.17) is 16.9 Å². The SMILES string of the molecule is N=C(N)c1ccc(C(O)(C(N)=O)c2ccccc2)cc1. The van der Waals surface area contributed by atoms with Crippen molar-refractivity contribution in [2.75, 3.05) is 0 Å². The van der Waals surface area contributed by atoms with Crippen LogP contribution in [0.4, 0.5) is 0 Å². The summed E-state index contributed by atoms with van der Waals surface area (Å²) in [6.45, 7) is 0. The van der Waals surface area contributed by atoms with Crippen molar-refractivity contribution in [3.63, 3.8) is 0 Å². The molecule has 5 nitrogen and oxygen atoms in total. The molecule has 0 aromatic heterocycles. The van der Waals surface area contributed by atoms with E-state index < -0.39 is 11.5 Å². The van der Waals surface area contributed by atoms with Gasteiger partial charge in [-0.3, -0.25) is 10.2 Å². The number of primary amides is 1. The Morgan fingerprint density at radius 3 is 1.90 bits per heavy atom. The third-order valence-corrected chi connectivity index (χ3v) is 3.16. The zero-order chi connectivity index (χ0) is 14.8. The Labute approximate surface area is 116 Å². The number of aliphatic hydroxyl groups is 1. The van der Waals surface area contributed by atoms with E-state index in [2.05, 4.69) is 0 Å². The first kappa shape index (κ1) is 13.8. The zero-order valence-electron chi connectivity index (χ0n) is 10.7. The summed E-state index contributed by atoms with van der Waals surface area (Å²) < 4.78 is 0. The number of hydrogen-bond acceptors (Lipinski definition) is 3. The average Bonchev–Trinajstić information content (AvgIpc) is 2.47. The lowest BCUT2D eigenvalue weighted by atomic mass is 9.85. The van der Waals surface area contributed by atoms with Gasteiger partial charge in [-0.2, -0.15) is 0 Å². The van der Waals surface area contributed by atoms with E-state index in [1.165, 1.54) is 12.1 Å². The maximum atomic E-state index is 11.7. The maximum absolute atomic E-state index is 11.7. The number of amides is 1. The first-order chi connectivity index (χ1) is 9.46. The number of nitrogens with one attached hydrogen (secondary N) is 1. The van der Waals surface area contributed by atoms with Crippen molar-refractivity contribution in [1.29, 1.82) is 5.41 Å². The molecule has 0 saturated carbocycles. The molecule has 2 aromatic rings. The van der Waals surface area contributed by atoms with E-state index >= 15 is 0 Å². The topological polar surface area (TPSA) is 113 Å². The first-order valence-corrected chi connectivity index (χ1v) is 5.99. The monoisotopic (exact) mass is 269 g/mol. The third kappa shape index (κ3) is 2.26. The fraction of sp³-hybridized carbons (Fsp3) is 0.0667. The summed E-state index contributed by atoms with van der Waals surface area (Å²) >= 11 is 0. The Balaban J connectivity index is 2.54. The van der Waals surface area contributed by atoms with Gasteiger partial charge in [-0.05, 0) is 11.1 Å². The van der Waals surface area contributed by atoms with Gasteiger partial charge in [-0.25, -0.2) is 0 Å². The second-order valence-electron chi connectivity index (χ2n) is 4.43. The lowest BCUT2D eigenvalue weighted by Gasteiger charge is -2.25. The summed E-state index contributed by atoms with van der Waals surface area (Å²) in [4.78, 5) is 11.7. The molecule has 0 fully saturated rings. The number of nitrogen functional groups attached to an aromatic ring is 1. The third-order valence-electron chi connectivity index (χ3n) is 3.16. The number of hydrogen-bond donors (Lipinski definition) is 4.